The first-order chi connectivity index (χ1) is 13.7. The third-order valence-corrected chi connectivity index (χ3v) is 5.82. The topological polar surface area (TPSA) is 75.0 Å². The predicted octanol–water partition coefficient (Wildman–Crippen LogP) is 4.29. The Morgan fingerprint density at radius 1 is 1.21 bits per heavy atom. The van der Waals surface area contributed by atoms with E-state index in [-0.39, 0.29) is 17.7 Å². The van der Waals surface area contributed by atoms with E-state index in [0.717, 1.165) is 28.6 Å². The minimum absolute atomic E-state index is 0.0503. The van der Waals surface area contributed by atoms with Gasteiger partial charge in [0.2, 0.25) is 5.91 Å². The zero-order chi connectivity index (χ0) is 19.1. The third-order valence-electron chi connectivity index (χ3n) is 5.02. The van der Waals surface area contributed by atoms with Crippen LogP contribution >= 0.6 is 11.8 Å². The van der Waals surface area contributed by atoms with Crippen LogP contribution in [0.25, 0.3) is 22.4 Å². The monoisotopic (exact) mass is 390 g/mol. The lowest BCUT2D eigenvalue weighted by Crippen LogP contribution is -2.36. The zero-order valence-electron chi connectivity index (χ0n) is 15.3. The van der Waals surface area contributed by atoms with Crippen LogP contribution < -0.4 is 4.90 Å². The number of carbonyl (C=O) groups is 1. The van der Waals surface area contributed by atoms with E-state index in [0.29, 0.717) is 11.1 Å². The highest BCUT2D eigenvalue weighted by Crippen LogP contribution is 2.33. The summed E-state index contributed by atoms with van der Waals surface area (Å²) < 4.78 is 5.80. The number of H-pyrrole nitrogens is 1. The summed E-state index contributed by atoms with van der Waals surface area (Å²) in [5, 5.41) is 9.68. The number of rotatable bonds is 4. The molecule has 140 valence electrons. The van der Waals surface area contributed by atoms with Gasteiger partial charge in [-0.05, 0) is 31.0 Å². The van der Waals surface area contributed by atoms with Crippen LogP contribution in [0.5, 0.6) is 0 Å². The van der Waals surface area contributed by atoms with E-state index in [1.807, 2.05) is 53.6 Å². The fraction of sp³-hybridized carbons (Fsp3) is 0.190. The maximum Gasteiger partial charge on any atom is 0.277 e. The summed E-state index contributed by atoms with van der Waals surface area (Å²) in [6, 6.07) is 16.2. The predicted molar refractivity (Wildman–Crippen MR) is 109 cm³/mol. The number of hydrogen-bond acceptors (Lipinski definition) is 5. The van der Waals surface area contributed by atoms with Crippen molar-refractivity contribution in [1.29, 1.82) is 0 Å². The standard InChI is InChI=1S/C21H18N4O2S/c1-13-10-14-6-2-5-9-18(14)25(13)19(26)12-28-21-24-23-20(27-21)16-11-22-17-8-4-3-7-15(16)17/h2-9,11,13,22H,10,12H2,1H3. The Morgan fingerprint density at radius 3 is 2.96 bits per heavy atom. The first-order valence-electron chi connectivity index (χ1n) is 9.13. The Morgan fingerprint density at radius 2 is 2.04 bits per heavy atom. The Balaban J connectivity index is 1.31. The maximum atomic E-state index is 12.8. The summed E-state index contributed by atoms with van der Waals surface area (Å²) >= 11 is 1.27. The minimum atomic E-state index is 0.0503. The molecule has 1 aliphatic rings. The van der Waals surface area contributed by atoms with E-state index in [1.165, 1.54) is 17.3 Å². The average molecular weight is 390 g/mol. The van der Waals surface area contributed by atoms with Crippen LogP contribution in [0, 0.1) is 0 Å². The van der Waals surface area contributed by atoms with Crippen LogP contribution in [-0.4, -0.2) is 32.9 Å². The number of amides is 1. The van der Waals surface area contributed by atoms with Crippen LogP contribution in [0.15, 0.2) is 64.4 Å². The molecule has 4 aromatic rings. The van der Waals surface area contributed by atoms with Gasteiger partial charge in [0.25, 0.3) is 11.1 Å². The minimum Gasteiger partial charge on any atom is -0.411 e. The molecule has 0 fully saturated rings. The smallest absolute Gasteiger partial charge is 0.277 e. The summed E-state index contributed by atoms with van der Waals surface area (Å²) in [5.41, 5.74) is 4.10. The molecule has 1 aliphatic heterocycles. The normalized spacial score (nSPS) is 15.9. The molecular formula is C21H18N4O2S. The zero-order valence-corrected chi connectivity index (χ0v) is 16.1. The van der Waals surface area contributed by atoms with Crippen LogP contribution in [0.3, 0.4) is 0 Å². The number of benzene rings is 2. The molecule has 0 saturated heterocycles. The Kier molecular flexibility index (Phi) is 4.16. The number of para-hydroxylation sites is 2. The van der Waals surface area contributed by atoms with Gasteiger partial charge in [0.05, 0.1) is 11.3 Å². The number of anilines is 1. The summed E-state index contributed by atoms with van der Waals surface area (Å²) in [5.74, 6) is 0.760. The summed E-state index contributed by atoms with van der Waals surface area (Å²) in [6.45, 7) is 2.07. The average Bonchev–Trinajstić information content (AvgIpc) is 3.41. The molecule has 7 heteroatoms. The van der Waals surface area contributed by atoms with Crippen LogP contribution in [0.2, 0.25) is 0 Å². The van der Waals surface area contributed by atoms with Gasteiger partial charge in [-0.2, -0.15) is 0 Å². The Labute approximate surface area is 166 Å². The first kappa shape index (κ1) is 17.1. The van der Waals surface area contributed by atoms with E-state index in [9.17, 15) is 4.79 Å². The van der Waals surface area contributed by atoms with Gasteiger partial charge >= 0.3 is 0 Å². The van der Waals surface area contributed by atoms with Crippen molar-refractivity contribution in [2.45, 2.75) is 24.6 Å². The highest BCUT2D eigenvalue weighted by molar-refractivity contribution is 7.99. The molecule has 6 nitrogen and oxygen atoms in total. The van der Waals surface area contributed by atoms with Crippen molar-refractivity contribution in [2.24, 2.45) is 0 Å². The molecule has 28 heavy (non-hydrogen) atoms. The van der Waals surface area contributed by atoms with Gasteiger partial charge in [0.15, 0.2) is 0 Å². The Hall–Kier alpha value is -3.06. The van der Waals surface area contributed by atoms with Gasteiger partial charge in [0.1, 0.15) is 0 Å². The summed E-state index contributed by atoms with van der Waals surface area (Å²) in [7, 11) is 0. The van der Waals surface area contributed by atoms with Crippen molar-refractivity contribution in [3.63, 3.8) is 0 Å². The Bertz CT molecular complexity index is 1170. The molecule has 0 saturated carbocycles. The van der Waals surface area contributed by atoms with Crippen molar-refractivity contribution < 1.29 is 9.21 Å². The molecule has 0 spiro atoms. The molecular weight excluding hydrogens is 372 g/mol. The summed E-state index contributed by atoms with van der Waals surface area (Å²) in [6.07, 6.45) is 2.75. The lowest BCUT2D eigenvalue weighted by atomic mass is 10.1. The van der Waals surface area contributed by atoms with E-state index >= 15 is 0 Å². The van der Waals surface area contributed by atoms with Gasteiger partial charge in [0, 0.05) is 28.8 Å². The van der Waals surface area contributed by atoms with Gasteiger partial charge in [-0.25, -0.2) is 0 Å². The van der Waals surface area contributed by atoms with Crippen molar-refractivity contribution in [2.75, 3.05) is 10.7 Å². The van der Waals surface area contributed by atoms with E-state index in [2.05, 4.69) is 28.2 Å². The molecule has 1 N–H and O–H groups in total. The van der Waals surface area contributed by atoms with Crippen LogP contribution in [0.4, 0.5) is 5.69 Å². The van der Waals surface area contributed by atoms with Gasteiger partial charge < -0.3 is 14.3 Å². The van der Waals surface area contributed by atoms with Crippen LogP contribution in [-0.2, 0) is 11.2 Å². The molecule has 5 rings (SSSR count). The number of hydrogen-bond donors (Lipinski definition) is 1. The lowest BCUT2D eigenvalue weighted by Gasteiger charge is -2.22. The van der Waals surface area contributed by atoms with Crippen molar-refractivity contribution in [3.05, 3.63) is 60.3 Å². The number of thioether (sulfide) groups is 1. The second kappa shape index (κ2) is 6.83. The highest BCUT2D eigenvalue weighted by atomic mass is 32.2. The number of nitrogens with zero attached hydrogens (tertiary/aromatic N) is 3. The van der Waals surface area contributed by atoms with Crippen LogP contribution in [0.1, 0.15) is 12.5 Å². The number of nitrogens with one attached hydrogen (secondary N) is 1. The molecule has 1 amide bonds. The van der Waals surface area contributed by atoms with E-state index in [4.69, 9.17) is 4.42 Å². The maximum absolute atomic E-state index is 12.8. The molecule has 0 bridgehead atoms. The molecule has 2 aromatic carbocycles. The molecule has 2 aromatic heterocycles. The second-order valence-electron chi connectivity index (χ2n) is 6.86. The van der Waals surface area contributed by atoms with Crippen molar-refractivity contribution >= 4 is 34.3 Å². The summed E-state index contributed by atoms with van der Waals surface area (Å²) in [4.78, 5) is 17.9. The SMILES string of the molecule is CC1Cc2ccccc2N1C(=O)CSc1nnc(-c2c[nH]c3ccccc23)o1. The van der Waals surface area contributed by atoms with Gasteiger partial charge in [-0.3, -0.25) is 4.79 Å². The van der Waals surface area contributed by atoms with E-state index in [1.54, 1.807) is 0 Å². The number of carbonyl (C=O) groups excluding carboxylic acids is 1. The number of aromatic nitrogens is 3. The van der Waals surface area contributed by atoms with Crippen molar-refractivity contribution in [3.8, 4) is 11.5 Å². The molecule has 3 heterocycles. The largest absolute Gasteiger partial charge is 0.411 e. The second-order valence-corrected chi connectivity index (χ2v) is 7.78. The lowest BCUT2D eigenvalue weighted by molar-refractivity contribution is -0.116. The fourth-order valence-electron chi connectivity index (χ4n) is 3.76. The molecule has 0 aliphatic carbocycles. The molecule has 1 unspecified atom stereocenters. The highest BCUT2D eigenvalue weighted by Gasteiger charge is 2.30. The van der Waals surface area contributed by atoms with Crippen molar-refractivity contribution in [1.82, 2.24) is 15.2 Å². The third kappa shape index (κ3) is 2.88. The van der Waals surface area contributed by atoms with Gasteiger partial charge in [-0.15, -0.1) is 10.2 Å². The number of aromatic amines is 1. The quantitative estimate of drug-likeness (QED) is 0.526. The number of fused-ring (bicyclic) bond motifs is 2. The molecule has 0 radical (unpaired) electrons. The fourth-order valence-corrected chi connectivity index (χ4v) is 4.39. The van der Waals surface area contributed by atoms with Gasteiger partial charge in [-0.1, -0.05) is 48.2 Å². The van der Waals surface area contributed by atoms with E-state index < -0.39 is 0 Å². The molecule has 1 atom stereocenters. The first-order valence-corrected chi connectivity index (χ1v) is 10.1.